The molecule has 1 rings (SSSR count). The molecule has 0 aliphatic carbocycles. The Labute approximate surface area is 111 Å². The smallest absolute Gasteiger partial charge is 0.335 e. The number of hydrogen-bond donors (Lipinski definition) is 2. The molecule has 0 radical (unpaired) electrons. The molecule has 0 aromatic heterocycles. The van der Waals surface area contributed by atoms with Crippen LogP contribution in [0.4, 0.5) is 4.39 Å². The number of rotatable bonds is 5. The Morgan fingerprint density at radius 3 is 2.42 bits per heavy atom. The molecular formula is C12H16FNO4S. The highest BCUT2D eigenvalue weighted by molar-refractivity contribution is 7.89. The van der Waals surface area contributed by atoms with Crippen LogP contribution < -0.4 is 4.72 Å². The van der Waals surface area contributed by atoms with Gasteiger partial charge in [-0.25, -0.2) is 22.3 Å². The van der Waals surface area contributed by atoms with Crippen molar-refractivity contribution in [3.05, 3.63) is 29.3 Å². The van der Waals surface area contributed by atoms with Gasteiger partial charge in [-0.1, -0.05) is 0 Å². The van der Waals surface area contributed by atoms with Crippen molar-refractivity contribution < 1.29 is 22.7 Å². The molecule has 0 bridgehead atoms. The third-order valence-corrected chi connectivity index (χ3v) is 3.96. The summed E-state index contributed by atoms with van der Waals surface area (Å²) >= 11 is 0. The minimum Gasteiger partial charge on any atom is -0.478 e. The number of benzene rings is 1. The maximum absolute atomic E-state index is 13.3. The third kappa shape index (κ3) is 4.29. The second-order valence-electron chi connectivity index (χ2n) is 4.83. The lowest BCUT2D eigenvalue weighted by Gasteiger charge is -2.16. The monoisotopic (exact) mass is 289 g/mol. The largest absolute Gasteiger partial charge is 0.478 e. The molecule has 0 saturated carbocycles. The molecule has 5 nitrogen and oxygen atoms in total. The summed E-state index contributed by atoms with van der Waals surface area (Å²) in [6.45, 7) is 3.66. The summed E-state index contributed by atoms with van der Waals surface area (Å²) in [5, 5.41) is 8.80. The number of hydrogen-bond acceptors (Lipinski definition) is 3. The first-order valence-corrected chi connectivity index (χ1v) is 7.04. The fourth-order valence-corrected chi connectivity index (χ4v) is 2.85. The molecule has 0 atom stereocenters. The Bertz CT molecular complexity index is 590. The number of aryl methyl sites for hydroxylation is 1. The van der Waals surface area contributed by atoms with Crippen molar-refractivity contribution in [3.8, 4) is 0 Å². The molecule has 2 N–H and O–H groups in total. The summed E-state index contributed by atoms with van der Waals surface area (Å²) < 4.78 is 39.4. The van der Waals surface area contributed by atoms with Gasteiger partial charge in [0, 0.05) is 6.54 Å². The molecule has 1 aromatic carbocycles. The van der Waals surface area contributed by atoms with Crippen molar-refractivity contribution in [2.75, 3.05) is 6.54 Å². The number of carbonyl (C=O) groups is 1. The number of halogens is 1. The number of carboxylic acids is 1. The summed E-state index contributed by atoms with van der Waals surface area (Å²) in [6.07, 6.45) is 0. The minimum atomic E-state index is -3.85. The summed E-state index contributed by atoms with van der Waals surface area (Å²) in [7, 11) is -3.85. The SMILES string of the molecule is Cc1cc(C(=O)O)ccc1S(=O)(=O)NCC(C)(C)F. The lowest BCUT2D eigenvalue weighted by molar-refractivity contribution is 0.0696. The van der Waals surface area contributed by atoms with E-state index >= 15 is 0 Å². The molecule has 106 valence electrons. The van der Waals surface area contributed by atoms with Crippen LogP contribution in [0.3, 0.4) is 0 Å². The van der Waals surface area contributed by atoms with Gasteiger partial charge >= 0.3 is 5.97 Å². The van der Waals surface area contributed by atoms with Gasteiger partial charge in [-0.05, 0) is 44.5 Å². The maximum atomic E-state index is 13.3. The van der Waals surface area contributed by atoms with Crippen LogP contribution >= 0.6 is 0 Å². The second kappa shape index (κ2) is 5.26. The van der Waals surface area contributed by atoms with Crippen LogP contribution in [0, 0.1) is 6.92 Å². The molecular weight excluding hydrogens is 273 g/mol. The van der Waals surface area contributed by atoms with Crippen LogP contribution in [-0.4, -0.2) is 31.7 Å². The van der Waals surface area contributed by atoms with E-state index in [2.05, 4.69) is 4.72 Å². The summed E-state index contributed by atoms with van der Waals surface area (Å²) in [5.41, 5.74) is -1.37. The summed E-state index contributed by atoms with van der Waals surface area (Å²) in [6, 6.07) is 3.66. The molecule has 0 amide bonds. The van der Waals surface area contributed by atoms with Gasteiger partial charge in [0.1, 0.15) is 5.67 Å². The first-order valence-electron chi connectivity index (χ1n) is 5.55. The van der Waals surface area contributed by atoms with Crippen LogP contribution in [0.1, 0.15) is 29.8 Å². The van der Waals surface area contributed by atoms with Crippen molar-refractivity contribution in [2.45, 2.75) is 31.3 Å². The van der Waals surface area contributed by atoms with Crippen molar-refractivity contribution in [2.24, 2.45) is 0 Å². The molecule has 0 spiro atoms. The Morgan fingerprint density at radius 2 is 2.00 bits per heavy atom. The summed E-state index contributed by atoms with van der Waals surface area (Å²) in [5.74, 6) is -1.13. The average molecular weight is 289 g/mol. The topological polar surface area (TPSA) is 83.5 Å². The standard InChI is InChI=1S/C12H16FNO4S/c1-8-6-9(11(15)16)4-5-10(8)19(17,18)14-7-12(2,3)13/h4-6,14H,7H2,1-3H3,(H,15,16). The number of carboxylic acid groups (broad SMARTS) is 1. The van der Waals surface area contributed by atoms with Gasteiger partial charge in [-0.2, -0.15) is 0 Å². The molecule has 1 aromatic rings. The third-order valence-electron chi connectivity index (χ3n) is 2.39. The Morgan fingerprint density at radius 1 is 1.42 bits per heavy atom. The quantitative estimate of drug-likeness (QED) is 0.864. The second-order valence-corrected chi connectivity index (χ2v) is 6.56. The minimum absolute atomic E-state index is 0.00210. The average Bonchev–Trinajstić information content (AvgIpc) is 2.25. The van der Waals surface area contributed by atoms with Crippen LogP contribution in [0.5, 0.6) is 0 Å². The van der Waals surface area contributed by atoms with Gasteiger partial charge in [-0.3, -0.25) is 0 Å². The first kappa shape index (κ1) is 15.6. The fraction of sp³-hybridized carbons (Fsp3) is 0.417. The van der Waals surface area contributed by atoms with E-state index in [-0.39, 0.29) is 17.0 Å². The number of nitrogens with one attached hydrogen (secondary N) is 1. The highest BCUT2D eigenvalue weighted by atomic mass is 32.2. The molecule has 7 heteroatoms. The Balaban J connectivity index is 3.06. The number of sulfonamides is 1. The van der Waals surface area contributed by atoms with Gasteiger partial charge in [0.15, 0.2) is 0 Å². The highest BCUT2D eigenvalue weighted by Crippen LogP contribution is 2.17. The normalized spacial score (nSPS) is 12.4. The van der Waals surface area contributed by atoms with E-state index in [1.54, 1.807) is 0 Å². The van der Waals surface area contributed by atoms with Crippen LogP contribution in [-0.2, 0) is 10.0 Å². The van der Waals surface area contributed by atoms with E-state index in [9.17, 15) is 17.6 Å². The van der Waals surface area contributed by atoms with E-state index in [0.29, 0.717) is 5.56 Å². The number of alkyl halides is 1. The predicted octanol–water partition coefficient (Wildman–Crippen LogP) is 1.72. The molecule has 0 heterocycles. The Kier molecular flexibility index (Phi) is 4.32. The van der Waals surface area contributed by atoms with Crippen molar-refractivity contribution in [3.63, 3.8) is 0 Å². The van der Waals surface area contributed by atoms with Gasteiger partial charge in [0.05, 0.1) is 10.5 Å². The summed E-state index contributed by atoms with van der Waals surface area (Å²) in [4.78, 5) is 10.7. The molecule has 0 aliphatic rings. The zero-order valence-corrected chi connectivity index (χ0v) is 11.7. The van der Waals surface area contributed by atoms with Crippen molar-refractivity contribution >= 4 is 16.0 Å². The van der Waals surface area contributed by atoms with E-state index in [4.69, 9.17) is 5.11 Å². The highest BCUT2D eigenvalue weighted by Gasteiger charge is 2.23. The van der Waals surface area contributed by atoms with E-state index in [1.165, 1.54) is 39.0 Å². The van der Waals surface area contributed by atoms with Gasteiger partial charge in [-0.15, -0.1) is 0 Å². The molecule has 0 unspecified atom stereocenters. The van der Waals surface area contributed by atoms with E-state index in [0.717, 1.165) is 0 Å². The molecule has 0 saturated heterocycles. The van der Waals surface area contributed by atoms with Crippen LogP contribution in [0.2, 0.25) is 0 Å². The lowest BCUT2D eigenvalue weighted by atomic mass is 10.1. The van der Waals surface area contributed by atoms with E-state index < -0.39 is 21.7 Å². The van der Waals surface area contributed by atoms with Gasteiger partial charge in [0.2, 0.25) is 10.0 Å². The lowest BCUT2D eigenvalue weighted by Crippen LogP contribution is -2.35. The van der Waals surface area contributed by atoms with Crippen molar-refractivity contribution in [1.29, 1.82) is 0 Å². The fourth-order valence-electron chi connectivity index (χ4n) is 1.43. The molecule has 19 heavy (non-hydrogen) atoms. The zero-order valence-electron chi connectivity index (χ0n) is 10.9. The Hall–Kier alpha value is -1.47. The van der Waals surface area contributed by atoms with Gasteiger partial charge < -0.3 is 5.11 Å². The first-order chi connectivity index (χ1) is 8.53. The van der Waals surface area contributed by atoms with Gasteiger partial charge in [0.25, 0.3) is 0 Å². The zero-order chi connectivity index (χ0) is 14.8. The predicted molar refractivity (Wildman–Crippen MR) is 68.5 cm³/mol. The maximum Gasteiger partial charge on any atom is 0.335 e. The number of aromatic carboxylic acids is 1. The van der Waals surface area contributed by atoms with Crippen molar-refractivity contribution in [1.82, 2.24) is 4.72 Å². The molecule has 0 aliphatic heterocycles. The van der Waals surface area contributed by atoms with Crippen LogP contribution in [0.25, 0.3) is 0 Å². The van der Waals surface area contributed by atoms with E-state index in [1.807, 2.05) is 0 Å². The van der Waals surface area contributed by atoms with Crippen LogP contribution in [0.15, 0.2) is 23.1 Å². The molecule has 0 fully saturated rings.